The van der Waals surface area contributed by atoms with Crippen molar-refractivity contribution in [1.82, 2.24) is 5.32 Å². The Labute approximate surface area is 109 Å². The maximum Gasteiger partial charge on any atom is 0.0302 e. The van der Waals surface area contributed by atoms with E-state index in [1.807, 2.05) is 11.3 Å². The first-order chi connectivity index (χ1) is 8.05. The Morgan fingerprint density at radius 2 is 2.12 bits per heavy atom. The summed E-state index contributed by atoms with van der Waals surface area (Å²) in [6.07, 6.45) is 8.30. The van der Waals surface area contributed by atoms with Gasteiger partial charge in [-0.15, -0.1) is 11.3 Å². The van der Waals surface area contributed by atoms with E-state index in [1.165, 1.54) is 29.0 Å². The van der Waals surface area contributed by atoms with E-state index in [2.05, 4.69) is 50.4 Å². The van der Waals surface area contributed by atoms with E-state index >= 15 is 0 Å². The summed E-state index contributed by atoms with van der Waals surface area (Å²) in [5.74, 6) is 0. The normalized spacial score (nSPS) is 20.8. The highest BCUT2D eigenvalue weighted by molar-refractivity contribution is 7.12. The molecule has 0 saturated heterocycles. The van der Waals surface area contributed by atoms with E-state index in [1.54, 1.807) is 0 Å². The lowest BCUT2D eigenvalue weighted by molar-refractivity contribution is 0.476. The van der Waals surface area contributed by atoms with Crippen molar-refractivity contribution in [2.75, 3.05) is 0 Å². The van der Waals surface area contributed by atoms with Crippen molar-refractivity contribution in [2.24, 2.45) is 0 Å². The summed E-state index contributed by atoms with van der Waals surface area (Å²) in [5, 5.41) is 3.66. The Kier molecular flexibility index (Phi) is 4.05. The van der Waals surface area contributed by atoms with Crippen molar-refractivity contribution in [3.05, 3.63) is 34.0 Å². The molecule has 1 N–H and O–H groups in total. The monoisotopic (exact) mass is 249 g/mol. The highest BCUT2D eigenvalue weighted by Gasteiger charge is 2.16. The number of rotatable bonds is 3. The third-order valence-corrected chi connectivity index (χ3v) is 4.75. The van der Waals surface area contributed by atoms with Crippen LogP contribution in [0.2, 0.25) is 0 Å². The molecule has 2 heteroatoms. The van der Waals surface area contributed by atoms with Gasteiger partial charge in [-0.2, -0.15) is 0 Å². The predicted octanol–water partition coefficient (Wildman–Crippen LogP) is 4.24. The summed E-state index contributed by atoms with van der Waals surface area (Å²) in [7, 11) is 0. The zero-order chi connectivity index (χ0) is 12.3. The molecule has 0 bridgehead atoms. The van der Waals surface area contributed by atoms with Crippen molar-refractivity contribution in [1.29, 1.82) is 0 Å². The Morgan fingerprint density at radius 3 is 2.71 bits per heavy atom. The van der Waals surface area contributed by atoms with Gasteiger partial charge in [0, 0.05) is 22.3 Å². The Morgan fingerprint density at radius 1 is 1.29 bits per heavy atom. The molecule has 0 aliphatic heterocycles. The molecule has 0 saturated carbocycles. The fourth-order valence-corrected chi connectivity index (χ4v) is 3.12. The molecule has 0 fully saturated rings. The largest absolute Gasteiger partial charge is 0.309 e. The fraction of sp³-hybridized carbons (Fsp3) is 0.600. The first-order valence-corrected chi connectivity index (χ1v) is 7.35. The lowest BCUT2D eigenvalue weighted by atomic mass is 9.95. The second-order valence-corrected chi connectivity index (χ2v) is 7.05. The van der Waals surface area contributed by atoms with Crippen LogP contribution in [0.25, 0.3) is 0 Å². The number of hydrogen-bond donors (Lipinski definition) is 1. The van der Waals surface area contributed by atoms with Gasteiger partial charge in [0.2, 0.25) is 0 Å². The van der Waals surface area contributed by atoms with E-state index in [-0.39, 0.29) is 5.41 Å². The Balaban J connectivity index is 1.87. The van der Waals surface area contributed by atoms with Gasteiger partial charge in [-0.3, -0.25) is 0 Å². The number of allylic oxidation sites excluding steroid dienone is 1. The molecular weight excluding hydrogens is 226 g/mol. The van der Waals surface area contributed by atoms with Crippen LogP contribution in [-0.2, 0) is 12.0 Å². The molecule has 1 aromatic heterocycles. The number of hydrogen-bond acceptors (Lipinski definition) is 2. The first-order valence-electron chi connectivity index (χ1n) is 6.53. The van der Waals surface area contributed by atoms with Crippen LogP contribution >= 0.6 is 11.3 Å². The molecule has 1 aromatic rings. The molecule has 0 radical (unpaired) electrons. The van der Waals surface area contributed by atoms with E-state index in [0.717, 1.165) is 6.54 Å². The van der Waals surface area contributed by atoms with Crippen LogP contribution in [-0.4, -0.2) is 6.04 Å². The highest BCUT2D eigenvalue weighted by atomic mass is 32.1. The van der Waals surface area contributed by atoms with Crippen LogP contribution in [0.1, 0.15) is 49.8 Å². The van der Waals surface area contributed by atoms with Gasteiger partial charge in [0.05, 0.1) is 0 Å². The van der Waals surface area contributed by atoms with Gasteiger partial charge >= 0.3 is 0 Å². The zero-order valence-electron chi connectivity index (χ0n) is 11.1. The van der Waals surface area contributed by atoms with Gasteiger partial charge in [0.25, 0.3) is 0 Å². The van der Waals surface area contributed by atoms with Gasteiger partial charge in [0.1, 0.15) is 0 Å². The van der Waals surface area contributed by atoms with E-state index in [4.69, 9.17) is 0 Å². The van der Waals surface area contributed by atoms with Gasteiger partial charge < -0.3 is 5.32 Å². The lowest BCUT2D eigenvalue weighted by Gasteiger charge is -2.19. The molecule has 17 heavy (non-hydrogen) atoms. The van der Waals surface area contributed by atoms with Gasteiger partial charge in [-0.05, 0) is 36.8 Å². The van der Waals surface area contributed by atoms with Crippen molar-refractivity contribution in [2.45, 2.75) is 58.0 Å². The minimum Gasteiger partial charge on any atom is -0.309 e. The molecule has 1 nitrogen and oxygen atoms in total. The maximum absolute atomic E-state index is 3.66. The first kappa shape index (κ1) is 12.8. The summed E-state index contributed by atoms with van der Waals surface area (Å²) in [6, 6.07) is 5.24. The van der Waals surface area contributed by atoms with Crippen LogP contribution in [0.15, 0.2) is 24.3 Å². The van der Waals surface area contributed by atoms with Crippen LogP contribution in [0.3, 0.4) is 0 Å². The topological polar surface area (TPSA) is 12.0 Å². The van der Waals surface area contributed by atoms with Gasteiger partial charge in [-0.25, -0.2) is 0 Å². The van der Waals surface area contributed by atoms with Crippen molar-refractivity contribution in [3.63, 3.8) is 0 Å². The predicted molar refractivity (Wildman–Crippen MR) is 76.6 cm³/mol. The average Bonchev–Trinajstić information content (AvgIpc) is 2.76. The Hall–Kier alpha value is -0.600. The highest BCUT2D eigenvalue weighted by Crippen LogP contribution is 2.29. The average molecular weight is 249 g/mol. The molecule has 2 rings (SSSR count). The van der Waals surface area contributed by atoms with E-state index in [0.29, 0.717) is 6.04 Å². The Bertz CT molecular complexity index is 384. The summed E-state index contributed by atoms with van der Waals surface area (Å²) in [6.45, 7) is 7.87. The van der Waals surface area contributed by atoms with Crippen LogP contribution < -0.4 is 5.32 Å². The molecule has 94 valence electrons. The van der Waals surface area contributed by atoms with E-state index in [9.17, 15) is 0 Å². The van der Waals surface area contributed by atoms with Crippen molar-refractivity contribution >= 4 is 11.3 Å². The van der Waals surface area contributed by atoms with E-state index < -0.39 is 0 Å². The molecule has 1 aliphatic rings. The minimum atomic E-state index is 0.288. The van der Waals surface area contributed by atoms with Crippen LogP contribution in [0.5, 0.6) is 0 Å². The van der Waals surface area contributed by atoms with Gasteiger partial charge in [-0.1, -0.05) is 32.9 Å². The fourth-order valence-electron chi connectivity index (χ4n) is 2.10. The minimum absolute atomic E-state index is 0.288. The zero-order valence-corrected chi connectivity index (χ0v) is 11.9. The van der Waals surface area contributed by atoms with Gasteiger partial charge in [0.15, 0.2) is 0 Å². The second-order valence-electron chi connectivity index (χ2n) is 5.88. The maximum atomic E-state index is 3.66. The second kappa shape index (κ2) is 5.36. The molecular formula is C15H23NS. The summed E-state index contributed by atoms with van der Waals surface area (Å²) in [5.41, 5.74) is 0.288. The molecule has 0 spiro atoms. The molecule has 0 amide bonds. The summed E-state index contributed by atoms with van der Waals surface area (Å²) in [4.78, 5) is 2.95. The molecule has 1 unspecified atom stereocenters. The third kappa shape index (κ3) is 3.68. The third-order valence-electron chi connectivity index (χ3n) is 3.23. The van der Waals surface area contributed by atoms with Crippen molar-refractivity contribution < 1.29 is 0 Å². The molecule has 1 heterocycles. The number of thiophene rings is 1. The van der Waals surface area contributed by atoms with Crippen LogP contribution in [0.4, 0.5) is 0 Å². The molecule has 1 atom stereocenters. The lowest BCUT2D eigenvalue weighted by Crippen LogP contribution is -2.28. The standard InChI is InChI=1S/C15H23NS/c1-15(2,3)14-10-9-13(17-14)11-16-12-7-5-4-6-8-12/h4-5,9-10,12,16H,6-8,11H2,1-3H3. The molecule has 1 aliphatic carbocycles. The quantitative estimate of drug-likeness (QED) is 0.790. The number of nitrogens with one attached hydrogen (secondary N) is 1. The summed E-state index contributed by atoms with van der Waals surface area (Å²) < 4.78 is 0. The van der Waals surface area contributed by atoms with Crippen LogP contribution in [0, 0.1) is 0 Å². The smallest absolute Gasteiger partial charge is 0.0302 e. The van der Waals surface area contributed by atoms with Crippen molar-refractivity contribution in [3.8, 4) is 0 Å². The SMILES string of the molecule is CC(C)(C)c1ccc(CNC2CC=CCC2)s1. The molecule has 0 aromatic carbocycles. The summed E-state index contributed by atoms with van der Waals surface area (Å²) >= 11 is 1.95.